The van der Waals surface area contributed by atoms with E-state index in [4.69, 9.17) is 22.6 Å². The van der Waals surface area contributed by atoms with Crippen LogP contribution in [0.2, 0.25) is 5.02 Å². The standard InChI is InChI=1S/C17H22ClN5.HI/c18-14-1-3-15(4-2-14)22-9-11-23(12-10-22)16(20)21-13-17(5-6-17)7-8-19;/h1-4H,5-7,9-13H2,(H2,20,21);1H. The molecular weight excluding hydrogens is 437 g/mol. The second-order valence-electron chi connectivity index (χ2n) is 6.46. The van der Waals surface area contributed by atoms with Gasteiger partial charge in [-0.05, 0) is 37.1 Å². The maximum atomic E-state index is 8.86. The van der Waals surface area contributed by atoms with Gasteiger partial charge in [0, 0.05) is 55.3 Å². The molecule has 1 aliphatic heterocycles. The molecule has 7 heteroatoms. The molecule has 0 radical (unpaired) electrons. The minimum Gasteiger partial charge on any atom is -0.370 e. The number of hydrogen-bond acceptors (Lipinski definition) is 3. The van der Waals surface area contributed by atoms with E-state index in [0.717, 1.165) is 44.0 Å². The molecule has 24 heavy (non-hydrogen) atoms. The van der Waals surface area contributed by atoms with Gasteiger partial charge in [0.15, 0.2) is 5.96 Å². The molecule has 1 aromatic carbocycles. The molecule has 0 spiro atoms. The predicted octanol–water partition coefficient (Wildman–Crippen LogP) is 3.09. The molecule has 1 aliphatic carbocycles. The van der Waals surface area contributed by atoms with Gasteiger partial charge in [-0.2, -0.15) is 5.26 Å². The summed E-state index contributed by atoms with van der Waals surface area (Å²) in [7, 11) is 0. The smallest absolute Gasteiger partial charge is 0.191 e. The van der Waals surface area contributed by atoms with Crippen LogP contribution in [0.3, 0.4) is 0 Å². The molecule has 0 atom stereocenters. The van der Waals surface area contributed by atoms with E-state index in [2.05, 4.69) is 20.9 Å². The maximum Gasteiger partial charge on any atom is 0.191 e. The van der Waals surface area contributed by atoms with E-state index in [1.165, 1.54) is 5.69 Å². The first-order valence-corrected chi connectivity index (χ1v) is 8.42. The number of halogens is 2. The van der Waals surface area contributed by atoms with Crippen molar-refractivity contribution in [2.45, 2.75) is 19.3 Å². The van der Waals surface area contributed by atoms with Gasteiger partial charge in [-0.1, -0.05) is 11.6 Å². The number of rotatable bonds is 4. The van der Waals surface area contributed by atoms with E-state index in [1.54, 1.807) is 0 Å². The van der Waals surface area contributed by atoms with Crippen LogP contribution in [0.1, 0.15) is 19.3 Å². The Morgan fingerprint density at radius 1 is 1.21 bits per heavy atom. The monoisotopic (exact) mass is 459 g/mol. The molecule has 1 aromatic rings. The van der Waals surface area contributed by atoms with E-state index < -0.39 is 0 Å². The highest BCUT2D eigenvalue weighted by atomic mass is 127. The maximum absolute atomic E-state index is 8.86. The Morgan fingerprint density at radius 3 is 2.38 bits per heavy atom. The third-order valence-corrected chi connectivity index (χ3v) is 5.04. The zero-order valence-corrected chi connectivity index (χ0v) is 16.7. The summed E-state index contributed by atoms with van der Waals surface area (Å²) in [6.45, 7) is 4.25. The second kappa shape index (κ2) is 8.26. The molecule has 2 fully saturated rings. The third kappa shape index (κ3) is 4.67. The van der Waals surface area contributed by atoms with Crippen molar-refractivity contribution in [3.05, 3.63) is 29.3 Å². The molecule has 1 heterocycles. The summed E-state index contributed by atoms with van der Waals surface area (Å²) in [6, 6.07) is 10.2. The molecule has 2 N–H and O–H groups in total. The summed E-state index contributed by atoms with van der Waals surface area (Å²) in [5, 5.41) is 9.62. The minimum atomic E-state index is 0. The summed E-state index contributed by atoms with van der Waals surface area (Å²) in [5.74, 6) is 0.616. The largest absolute Gasteiger partial charge is 0.370 e. The van der Waals surface area contributed by atoms with Crippen LogP contribution >= 0.6 is 35.6 Å². The number of hydrogen-bond donors (Lipinski definition) is 1. The fraction of sp³-hybridized carbons (Fsp3) is 0.529. The Hall–Kier alpha value is -1.20. The van der Waals surface area contributed by atoms with Crippen LogP contribution in [0.15, 0.2) is 29.3 Å². The third-order valence-electron chi connectivity index (χ3n) is 4.78. The van der Waals surface area contributed by atoms with Gasteiger partial charge in [0.25, 0.3) is 0 Å². The fourth-order valence-electron chi connectivity index (χ4n) is 2.93. The molecule has 130 valence electrons. The van der Waals surface area contributed by atoms with Crippen LogP contribution in [0.25, 0.3) is 0 Å². The quantitative estimate of drug-likeness (QED) is 0.427. The van der Waals surface area contributed by atoms with Crippen molar-refractivity contribution < 1.29 is 0 Å². The molecule has 1 saturated heterocycles. The number of aliphatic imine (C=N–C) groups is 1. The Labute approximate surface area is 165 Å². The van der Waals surface area contributed by atoms with E-state index in [-0.39, 0.29) is 29.4 Å². The van der Waals surface area contributed by atoms with E-state index in [0.29, 0.717) is 18.9 Å². The van der Waals surface area contributed by atoms with Gasteiger partial charge in [-0.25, -0.2) is 0 Å². The zero-order valence-electron chi connectivity index (χ0n) is 13.6. The molecule has 3 rings (SSSR count). The number of nitriles is 1. The van der Waals surface area contributed by atoms with Crippen LogP contribution in [-0.4, -0.2) is 43.6 Å². The summed E-state index contributed by atoms with van der Waals surface area (Å²) >= 11 is 5.94. The Balaban J connectivity index is 0.00000208. The number of nitrogens with two attached hydrogens (primary N) is 1. The van der Waals surface area contributed by atoms with Crippen molar-refractivity contribution in [2.75, 3.05) is 37.6 Å². The first-order chi connectivity index (χ1) is 11.1. The lowest BCUT2D eigenvalue weighted by atomic mass is 10.0. The highest BCUT2D eigenvalue weighted by Crippen LogP contribution is 2.48. The minimum absolute atomic E-state index is 0. The van der Waals surface area contributed by atoms with Crippen LogP contribution < -0.4 is 10.6 Å². The highest BCUT2D eigenvalue weighted by Gasteiger charge is 2.42. The van der Waals surface area contributed by atoms with Crippen molar-refractivity contribution in [1.82, 2.24) is 4.90 Å². The van der Waals surface area contributed by atoms with Crippen LogP contribution in [0.5, 0.6) is 0 Å². The van der Waals surface area contributed by atoms with Gasteiger partial charge in [0.1, 0.15) is 0 Å². The average Bonchev–Trinajstić information content (AvgIpc) is 3.34. The second-order valence-corrected chi connectivity index (χ2v) is 6.90. The zero-order chi connectivity index (χ0) is 16.3. The number of guanidine groups is 1. The normalized spacial score (nSPS) is 19.4. The van der Waals surface area contributed by atoms with Gasteiger partial charge in [-0.15, -0.1) is 24.0 Å². The molecule has 0 aromatic heterocycles. The van der Waals surface area contributed by atoms with Gasteiger partial charge in [0.05, 0.1) is 6.07 Å². The Kier molecular flexibility index (Phi) is 6.58. The van der Waals surface area contributed by atoms with Crippen molar-refractivity contribution in [1.29, 1.82) is 5.26 Å². The van der Waals surface area contributed by atoms with E-state index in [1.807, 2.05) is 24.3 Å². The molecule has 0 amide bonds. The van der Waals surface area contributed by atoms with Crippen molar-refractivity contribution in [2.24, 2.45) is 16.1 Å². The van der Waals surface area contributed by atoms with Crippen molar-refractivity contribution >= 4 is 47.2 Å². The number of nitrogens with zero attached hydrogens (tertiary/aromatic N) is 4. The van der Waals surface area contributed by atoms with Crippen molar-refractivity contribution in [3.63, 3.8) is 0 Å². The van der Waals surface area contributed by atoms with Crippen LogP contribution in [0, 0.1) is 16.7 Å². The molecule has 1 saturated carbocycles. The van der Waals surface area contributed by atoms with Gasteiger partial charge in [-0.3, -0.25) is 4.99 Å². The first-order valence-electron chi connectivity index (χ1n) is 8.04. The number of benzene rings is 1. The lowest BCUT2D eigenvalue weighted by Crippen LogP contribution is -2.51. The lowest BCUT2D eigenvalue weighted by Gasteiger charge is -2.36. The van der Waals surface area contributed by atoms with Gasteiger partial charge < -0.3 is 15.5 Å². The average molecular weight is 460 g/mol. The lowest BCUT2D eigenvalue weighted by molar-refractivity contribution is 0.378. The SMILES string of the molecule is I.N#CCC1(CN=C(N)N2CCN(c3ccc(Cl)cc3)CC2)CC1. The topological polar surface area (TPSA) is 68.6 Å². The van der Waals surface area contributed by atoms with E-state index in [9.17, 15) is 0 Å². The molecule has 0 bridgehead atoms. The molecule has 0 unspecified atom stereocenters. The summed E-state index contributed by atoms with van der Waals surface area (Å²) in [5.41, 5.74) is 7.45. The highest BCUT2D eigenvalue weighted by molar-refractivity contribution is 14.0. The van der Waals surface area contributed by atoms with Crippen LogP contribution in [0.4, 0.5) is 5.69 Å². The molecule has 2 aliphatic rings. The van der Waals surface area contributed by atoms with Gasteiger partial charge >= 0.3 is 0 Å². The number of anilines is 1. The van der Waals surface area contributed by atoms with Crippen LogP contribution in [-0.2, 0) is 0 Å². The Bertz CT molecular complexity index is 613. The summed E-state index contributed by atoms with van der Waals surface area (Å²) < 4.78 is 0. The first kappa shape index (κ1) is 19.1. The predicted molar refractivity (Wildman–Crippen MR) is 109 cm³/mol. The number of piperazine rings is 1. The van der Waals surface area contributed by atoms with Crippen molar-refractivity contribution in [3.8, 4) is 6.07 Å². The molecular formula is C17H23ClIN5. The summed E-state index contributed by atoms with van der Waals surface area (Å²) in [6.07, 6.45) is 2.79. The van der Waals surface area contributed by atoms with Gasteiger partial charge in [0.2, 0.25) is 0 Å². The Morgan fingerprint density at radius 2 is 1.83 bits per heavy atom. The summed E-state index contributed by atoms with van der Waals surface area (Å²) in [4.78, 5) is 9.01. The van der Waals surface area contributed by atoms with E-state index >= 15 is 0 Å². The fourth-order valence-corrected chi connectivity index (χ4v) is 3.06. The molecule has 5 nitrogen and oxygen atoms in total.